The van der Waals surface area contributed by atoms with E-state index in [2.05, 4.69) is 11.9 Å². The largest absolute Gasteiger partial charge is 0.493 e. The zero-order valence-electron chi connectivity index (χ0n) is 15.1. The molecule has 0 radical (unpaired) electrons. The van der Waals surface area contributed by atoms with Crippen molar-refractivity contribution in [2.24, 2.45) is 0 Å². The minimum atomic E-state index is -0.00375. The summed E-state index contributed by atoms with van der Waals surface area (Å²) >= 11 is 0. The topological polar surface area (TPSA) is 45.9 Å². The second-order valence-corrected chi connectivity index (χ2v) is 7.38. The van der Waals surface area contributed by atoms with Gasteiger partial charge in [-0.25, -0.2) is 0 Å². The van der Waals surface area contributed by atoms with Gasteiger partial charge in [0, 0.05) is 24.0 Å². The van der Waals surface area contributed by atoms with Crippen molar-refractivity contribution in [3.05, 3.63) is 30.0 Å². The second kappa shape index (κ2) is 6.37. The first-order valence-electron chi connectivity index (χ1n) is 9.20. The number of carbonyl (C=O) groups excluding carboxylic acids is 1. The Labute approximate surface area is 148 Å². The van der Waals surface area contributed by atoms with Crippen LogP contribution < -0.4 is 4.74 Å². The molecular formula is C20H26N2O3. The summed E-state index contributed by atoms with van der Waals surface area (Å²) in [6, 6.07) is 7.55. The van der Waals surface area contributed by atoms with E-state index in [0.29, 0.717) is 22.6 Å². The molecule has 1 amide bonds. The number of rotatable bonds is 2. The Morgan fingerprint density at radius 1 is 1.16 bits per heavy atom. The summed E-state index contributed by atoms with van der Waals surface area (Å²) in [5, 5.41) is 0.907. The molecule has 2 saturated heterocycles. The van der Waals surface area contributed by atoms with Crippen LogP contribution in [0.15, 0.2) is 28.7 Å². The summed E-state index contributed by atoms with van der Waals surface area (Å²) in [5.74, 6) is 1.07. The molecule has 0 aliphatic carbocycles. The molecule has 1 aromatic heterocycles. The Morgan fingerprint density at radius 3 is 2.68 bits per heavy atom. The minimum absolute atomic E-state index is 0.00375. The minimum Gasteiger partial charge on any atom is -0.493 e. The molecule has 134 valence electrons. The summed E-state index contributed by atoms with van der Waals surface area (Å²) in [6.07, 6.45) is 5.82. The molecule has 3 heterocycles. The van der Waals surface area contributed by atoms with E-state index in [1.165, 1.54) is 25.8 Å². The maximum Gasteiger partial charge on any atom is 0.289 e. The van der Waals surface area contributed by atoms with Crippen LogP contribution >= 0.6 is 0 Å². The predicted molar refractivity (Wildman–Crippen MR) is 97.1 cm³/mol. The van der Waals surface area contributed by atoms with Crippen LogP contribution in [0.25, 0.3) is 11.0 Å². The lowest BCUT2D eigenvalue weighted by molar-refractivity contribution is 0.0720. The maximum absolute atomic E-state index is 13.0. The number of carbonyl (C=O) groups is 1. The molecule has 5 nitrogen and oxygen atoms in total. The second-order valence-electron chi connectivity index (χ2n) is 7.38. The number of likely N-dealkylation sites (tertiary alicyclic amines) is 2. The molecule has 1 spiro atoms. The van der Waals surface area contributed by atoms with Crippen molar-refractivity contribution in [2.75, 3.05) is 33.8 Å². The van der Waals surface area contributed by atoms with Crippen molar-refractivity contribution in [3.63, 3.8) is 0 Å². The first kappa shape index (κ1) is 16.5. The molecule has 25 heavy (non-hydrogen) atoms. The number of methoxy groups -OCH3 is 1. The first-order valence-corrected chi connectivity index (χ1v) is 9.20. The van der Waals surface area contributed by atoms with Gasteiger partial charge in [0.1, 0.15) is 0 Å². The van der Waals surface area contributed by atoms with Crippen LogP contribution in [0.1, 0.15) is 42.7 Å². The van der Waals surface area contributed by atoms with Crippen molar-refractivity contribution in [2.45, 2.75) is 37.6 Å². The number of hydrogen-bond donors (Lipinski definition) is 0. The van der Waals surface area contributed by atoms with Gasteiger partial charge in [-0.05, 0) is 57.8 Å². The molecule has 2 aromatic rings. The van der Waals surface area contributed by atoms with E-state index in [9.17, 15) is 4.79 Å². The van der Waals surface area contributed by atoms with Gasteiger partial charge in [0.05, 0.1) is 7.11 Å². The maximum atomic E-state index is 13.0. The third-order valence-corrected chi connectivity index (χ3v) is 6.09. The van der Waals surface area contributed by atoms with Gasteiger partial charge < -0.3 is 19.0 Å². The summed E-state index contributed by atoms with van der Waals surface area (Å²) < 4.78 is 11.2. The highest BCUT2D eigenvalue weighted by atomic mass is 16.5. The monoisotopic (exact) mass is 342 g/mol. The van der Waals surface area contributed by atoms with E-state index in [4.69, 9.17) is 9.15 Å². The van der Waals surface area contributed by atoms with Gasteiger partial charge in [-0.2, -0.15) is 0 Å². The first-order chi connectivity index (χ1) is 12.1. The Bertz CT molecular complexity index is 784. The van der Waals surface area contributed by atoms with Gasteiger partial charge in [0.25, 0.3) is 5.91 Å². The highest BCUT2D eigenvalue weighted by Gasteiger charge is 2.40. The van der Waals surface area contributed by atoms with Crippen molar-refractivity contribution >= 4 is 16.9 Å². The molecule has 0 bridgehead atoms. The van der Waals surface area contributed by atoms with Gasteiger partial charge in [0.15, 0.2) is 17.1 Å². The van der Waals surface area contributed by atoms with Crippen LogP contribution in [0.3, 0.4) is 0 Å². The lowest BCUT2D eigenvalue weighted by atomic mass is 9.88. The Hall–Kier alpha value is -2.01. The number of nitrogens with zero attached hydrogens (tertiary/aromatic N) is 2. The lowest BCUT2D eigenvalue weighted by Gasteiger charge is -2.35. The highest BCUT2D eigenvalue weighted by molar-refractivity contribution is 5.97. The zero-order valence-corrected chi connectivity index (χ0v) is 15.1. The summed E-state index contributed by atoms with van der Waals surface area (Å²) in [4.78, 5) is 17.5. The van der Waals surface area contributed by atoms with Gasteiger partial charge >= 0.3 is 0 Å². The summed E-state index contributed by atoms with van der Waals surface area (Å²) in [7, 11) is 3.85. The van der Waals surface area contributed by atoms with E-state index >= 15 is 0 Å². The van der Waals surface area contributed by atoms with Crippen molar-refractivity contribution in [1.29, 1.82) is 0 Å². The number of amides is 1. The SMILES string of the molecule is COc1cccc2cc(C(=O)N3CCC[C@@]4(CCCN4C)CC3)oc12. The van der Waals surface area contributed by atoms with Crippen LogP contribution in [0.4, 0.5) is 0 Å². The summed E-state index contributed by atoms with van der Waals surface area (Å²) in [6.45, 7) is 2.79. The standard InChI is InChI=1S/C20H26N2O3/c1-21-11-4-8-20(21)9-5-12-22(13-10-20)19(23)17-14-15-6-3-7-16(24-2)18(15)25-17/h3,6-7,14H,4-5,8-13H2,1-2H3/t20-/m0/s1. The van der Waals surface area contributed by atoms with Gasteiger partial charge in [-0.1, -0.05) is 12.1 Å². The number of para-hydroxylation sites is 1. The van der Waals surface area contributed by atoms with Crippen molar-refractivity contribution < 1.29 is 13.9 Å². The highest BCUT2D eigenvalue weighted by Crippen LogP contribution is 2.37. The molecule has 2 aliphatic heterocycles. The normalized spacial score (nSPS) is 24.8. The number of ether oxygens (including phenoxy) is 1. The fourth-order valence-corrected chi connectivity index (χ4v) is 4.55. The van der Waals surface area contributed by atoms with Crippen LogP contribution in [0, 0.1) is 0 Å². The van der Waals surface area contributed by atoms with Crippen LogP contribution in [0.5, 0.6) is 5.75 Å². The lowest BCUT2D eigenvalue weighted by Crippen LogP contribution is -2.42. The molecule has 4 rings (SSSR count). The molecule has 1 atom stereocenters. The Kier molecular flexibility index (Phi) is 4.20. The number of fused-ring (bicyclic) bond motifs is 1. The van der Waals surface area contributed by atoms with E-state index in [1.807, 2.05) is 29.2 Å². The molecule has 0 unspecified atom stereocenters. The predicted octanol–water partition coefficient (Wildman–Crippen LogP) is 3.53. The fourth-order valence-electron chi connectivity index (χ4n) is 4.55. The molecule has 0 saturated carbocycles. The average Bonchev–Trinajstić information content (AvgIpc) is 3.13. The van der Waals surface area contributed by atoms with E-state index in [-0.39, 0.29) is 5.91 Å². The van der Waals surface area contributed by atoms with Crippen LogP contribution in [-0.2, 0) is 0 Å². The van der Waals surface area contributed by atoms with E-state index in [0.717, 1.165) is 31.3 Å². The van der Waals surface area contributed by atoms with Crippen molar-refractivity contribution in [3.8, 4) is 5.75 Å². The van der Waals surface area contributed by atoms with E-state index < -0.39 is 0 Å². The van der Waals surface area contributed by atoms with Crippen LogP contribution in [0.2, 0.25) is 0 Å². The number of furan rings is 1. The quantitative estimate of drug-likeness (QED) is 0.837. The fraction of sp³-hybridized carbons (Fsp3) is 0.550. The summed E-state index contributed by atoms with van der Waals surface area (Å²) in [5.41, 5.74) is 0.946. The molecule has 5 heteroatoms. The third kappa shape index (κ3) is 2.80. The smallest absolute Gasteiger partial charge is 0.289 e. The van der Waals surface area contributed by atoms with Gasteiger partial charge in [-0.3, -0.25) is 4.79 Å². The Balaban J connectivity index is 1.55. The van der Waals surface area contributed by atoms with Gasteiger partial charge in [0.2, 0.25) is 0 Å². The molecule has 0 N–H and O–H groups in total. The van der Waals surface area contributed by atoms with Crippen molar-refractivity contribution in [1.82, 2.24) is 9.80 Å². The average molecular weight is 342 g/mol. The molecule has 1 aromatic carbocycles. The Morgan fingerprint density at radius 2 is 1.96 bits per heavy atom. The number of benzene rings is 1. The van der Waals surface area contributed by atoms with Crippen LogP contribution in [-0.4, -0.2) is 55.0 Å². The molecular weight excluding hydrogens is 316 g/mol. The zero-order chi connectivity index (χ0) is 17.4. The van der Waals surface area contributed by atoms with Gasteiger partial charge in [-0.15, -0.1) is 0 Å². The van der Waals surface area contributed by atoms with E-state index in [1.54, 1.807) is 7.11 Å². The third-order valence-electron chi connectivity index (χ3n) is 6.09. The number of hydrogen-bond acceptors (Lipinski definition) is 4. The molecule has 2 aliphatic rings. The molecule has 2 fully saturated rings.